The van der Waals surface area contributed by atoms with Crippen molar-refractivity contribution in [2.45, 2.75) is 18.9 Å². The Balaban J connectivity index is 0.00000180. The van der Waals surface area contributed by atoms with Gasteiger partial charge in [-0.05, 0) is 37.6 Å². The highest BCUT2D eigenvalue weighted by Crippen LogP contribution is 2.33. The van der Waals surface area contributed by atoms with Gasteiger partial charge in [0, 0.05) is 6.54 Å². The fraction of sp³-hybridized carbons (Fsp3) is 0.500. The standard InChI is InChI=1S/C14H20N2O2.ClH/c1-15-10-14(17)16-8-4-7-13(16)11-5-3-6-12(9-11)18-2;/h3,5-6,9,13,15H,4,7-8,10H2,1-2H3;1H. The Kier molecular flexibility index (Phi) is 6.12. The minimum Gasteiger partial charge on any atom is -0.497 e. The van der Waals surface area contributed by atoms with E-state index >= 15 is 0 Å². The van der Waals surface area contributed by atoms with Crippen LogP contribution in [0.2, 0.25) is 0 Å². The monoisotopic (exact) mass is 284 g/mol. The second-order valence-corrected chi connectivity index (χ2v) is 4.55. The summed E-state index contributed by atoms with van der Waals surface area (Å²) >= 11 is 0. The molecule has 0 radical (unpaired) electrons. The molecule has 0 aliphatic carbocycles. The summed E-state index contributed by atoms with van der Waals surface area (Å²) in [5.41, 5.74) is 1.16. The number of likely N-dealkylation sites (tertiary alicyclic amines) is 1. The quantitative estimate of drug-likeness (QED) is 0.919. The van der Waals surface area contributed by atoms with Crippen LogP contribution < -0.4 is 10.1 Å². The van der Waals surface area contributed by atoms with Gasteiger partial charge in [-0.1, -0.05) is 12.1 Å². The van der Waals surface area contributed by atoms with Gasteiger partial charge in [0.25, 0.3) is 0 Å². The normalized spacial score (nSPS) is 18.0. The number of benzene rings is 1. The molecular formula is C14H21ClN2O2. The van der Waals surface area contributed by atoms with Crippen molar-refractivity contribution < 1.29 is 9.53 Å². The highest BCUT2D eigenvalue weighted by Gasteiger charge is 2.29. The molecule has 1 aromatic carbocycles. The van der Waals surface area contributed by atoms with E-state index in [1.54, 1.807) is 14.2 Å². The van der Waals surface area contributed by atoms with Gasteiger partial charge in [0.15, 0.2) is 0 Å². The second-order valence-electron chi connectivity index (χ2n) is 4.55. The average Bonchev–Trinajstić information content (AvgIpc) is 2.88. The van der Waals surface area contributed by atoms with Crippen LogP contribution in [0.3, 0.4) is 0 Å². The van der Waals surface area contributed by atoms with Crippen LogP contribution in [0.4, 0.5) is 0 Å². The van der Waals surface area contributed by atoms with E-state index in [4.69, 9.17) is 4.74 Å². The van der Waals surface area contributed by atoms with Crippen molar-refractivity contribution in [3.63, 3.8) is 0 Å². The Morgan fingerprint density at radius 1 is 1.53 bits per heavy atom. The molecule has 1 heterocycles. The van der Waals surface area contributed by atoms with Gasteiger partial charge in [0.1, 0.15) is 5.75 Å². The number of hydrogen-bond donors (Lipinski definition) is 1. The first-order valence-electron chi connectivity index (χ1n) is 6.34. The van der Waals surface area contributed by atoms with E-state index in [1.807, 2.05) is 23.1 Å². The van der Waals surface area contributed by atoms with Crippen LogP contribution in [0.15, 0.2) is 24.3 Å². The summed E-state index contributed by atoms with van der Waals surface area (Å²) in [6, 6.07) is 8.19. The Labute approximate surface area is 120 Å². The van der Waals surface area contributed by atoms with Crippen LogP contribution >= 0.6 is 12.4 Å². The van der Waals surface area contributed by atoms with E-state index in [1.165, 1.54) is 0 Å². The molecule has 1 unspecified atom stereocenters. The number of methoxy groups -OCH3 is 1. The number of amides is 1. The Morgan fingerprint density at radius 2 is 2.32 bits per heavy atom. The van der Waals surface area contributed by atoms with Crippen molar-refractivity contribution in [1.29, 1.82) is 0 Å². The molecule has 1 aliphatic rings. The van der Waals surface area contributed by atoms with Crippen molar-refractivity contribution in [1.82, 2.24) is 10.2 Å². The molecule has 0 spiro atoms. The molecule has 0 aromatic heterocycles. The summed E-state index contributed by atoms with van der Waals surface area (Å²) in [6.45, 7) is 1.25. The minimum atomic E-state index is 0. The van der Waals surface area contributed by atoms with Gasteiger partial charge in [0.05, 0.1) is 19.7 Å². The second kappa shape index (κ2) is 7.36. The highest BCUT2D eigenvalue weighted by molar-refractivity contribution is 5.85. The fourth-order valence-electron chi connectivity index (χ4n) is 2.51. The van der Waals surface area contributed by atoms with Gasteiger partial charge >= 0.3 is 0 Å². The predicted octanol–water partition coefficient (Wildman–Crippen LogP) is 2.00. The number of likely N-dealkylation sites (N-methyl/N-ethyl adjacent to an activating group) is 1. The number of carbonyl (C=O) groups excluding carboxylic acids is 1. The van der Waals surface area contributed by atoms with Crippen molar-refractivity contribution >= 4 is 18.3 Å². The number of nitrogens with zero attached hydrogens (tertiary/aromatic N) is 1. The molecule has 1 amide bonds. The molecule has 1 aromatic rings. The topological polar surface area (TPSA) is 41.6 Å². The average molecular weight is 285 g/mol. The summed E-state index contributed by atoms with van der Waals surface area (Å²) in [4.78, 5) is 14.0. The molecule has 1 saturated heterocycles. The SMILES string of the molecule is CNCC(=O)N1CCCC1c1cccc(OC)c1.Cl. The summed E-state index contributed by atoms with van der Waals surface area (Å²) in [5.74, 6) is 1.02. The molecule has 19 heavy (non-hydrogen) atoms. The fourth-order valence-corrected chi connectivity index (χ4v) is 2.51. The van der Waals surface area contributed by atoms with Crippen molar-refractivity contribution in [2.75, 3.05) is 27.2 Å². The third-order valence-electron chi connectivity index (χ3n) is 3.38. The maximum Gasteiger partial charge on any atom is 0.237 e. The first kappa shape index (κ1) is 15.8. The number of carbonyl (C=O) groups is 1. The van der Waals surface area contributed by atoms with Crippen molar-refractivity contribution in [3.8, 4) is 5.75 Å². The molecule has 106 valence electrons. The molecule has 2 rings (SSSR count). The zero-order chi connectivity index (χ0) is 13.0. The predicted molar refractivity (Wildman–Crippen MR) is 77.9 cm³/mol. The van der Waals surface area contributed by atoms with E-state index in [-0.39, 0.29) is 24.4 Å². The maximum absolute atomic E-state index is 12.0. The molecule has 1 N–H and O–H groups in total. The molecular weight excluding hydrogens is 264 g/mol. The van der Waals surface area contributed by atoms with E-state index in [2.05, 4.69) is 11.4 Å². The summed E-state index contributed by atoms with van der Waals surface area (Å²) in [7, 11) is 3.46. The van der Waals surface area contributed by atoms with Crippen LogP contribution in [0, 0.1) is 0 Å². The van der Waals surface area contributed by atoms with E-state index in [0.717, 1.165) is 30.7 Å². The molecule has 1 fully saturated rings. The number of nitrogens with one attached hydrogen (secondary N) is 1. The molecule has 5 heteroatoms. The van der Waals surface area contributed by atoms with Gasteiger partial charge in [-0.15, -0.1) is 12.4 Å². The largest absolute Gasteiger partial charge is 0.497 e. The Morgan fingerprint density at radius 3 is 3.00 bits per heavy atom. The number of ether oxygens (including phenoxy) is 1. The van der Waals surface area contributed by atoms with E-state index in [0.29, 0.717) is 6.54 Å². The van der Waals surface area contributed by atoms with Crippen LogP contribution in [0.1, 0.15) is 24.4 Å². The summed E-state index contributed by atoms with van der Waals surface area (Å²) in [5, 5.41) is 2.92. The van der Waals surface area contributed by atoms with Gasteiger partial charge < -0.3 is 15.0 Å². The van der Waals surface area contributed by atoms with Gasteiger partial charge in [-0.25, -0.2) is 0 Å². The van der Waals surface area contributed by atoms with Crippen LogP contribution in [0.25, 0.3) is 0 Å². The van der Waals surface area contributed by atoms with Crippen LogP contribution in [-0.4, -0.2) is 38.1 Å². The smallest absolute Gasteiger partial charge is 0.237 e. The van der Waals surface area contributed by atoms with Gasteiger partial charge in [-0.3, -0.25) is 4.79 Å². The molecule has 4 nitrogen and oxygen atoms in total. The highest BCUT2D eigenvalue weighted by atomic mass is 35.5. The number of halogens is 1. The zero-order valence-electron chi connectivity index (χ0n) is 11.4. The summed E-state index contributed by atoms with van der Waals surface area (Å²) in [6.07, 6.45) is 2.10. The van der Waals surface area contributed by atoms with Crippen molar-refractivity contribution in [3.05, 3.63) is 29.8 Å². The van der Waals surface area contributed by atoms with Crippen LogP contribution in [0.5, 0.6) is 5.75 Å². The third-order valence-corrected chi connectivity index (χ3v) is 3.38. The molecule has 1 atom stereocenters. The lowest BCUT2D eigenvalue weighted by atomic mass is 10.0. The third kappa shape index (κ3) is 3.61. The van der Waals surface area contributed by atoms with E-state index < -0.39 is 0 Å². The Hall–Kier alpha value is -1.26. The maximum atomic E-state index is 12.0. The van der Waals surface area contributed by atoms with Crippen molar-refractivity contribution in [2.24, 2.45) is 0 Å². The minimum absolute atomic E-state index is 0. The summed E-state index contributed by atoms with van der Waals surface area (Å²) < 4.78 is 5.24. The van der Waals surface area contributed by atoms with Gasteiger partial charge in [-0.2, -0.15) is 0 Å². The number of hydrogen-bond acceptors (Lipinski definition) is 3. The molecule has 0 bridgehead atoms. The lowest BCUT2D eigenvalue weighted by Crippen LogP contribution is -2.36. The molecule has 1 aliphatic heterocycles. The first-order valence-corrected chi connectivity index (χ1v) is 6.34. The zero-order valence-corrected chi connectivity index (χ0v) is 12.2. The first-order chi connectivity index (χ1) is 8.76. The molecule has 0 saturated carbocycles. The van der Waals surface area contributed by atoms with Crippen LogP contribution in [-0.2, 0) is 4.79 Å². The van der Waals surface area contributed by atoms with E-state index in [9.17, 15) is 4.79 Å². The lowest BCUT2D eigenvalue weighted by Gasteiger charge is -2.25. The Bertz CT molecular complexity index is 426. The lowest BCUT2D eigenvalue weighted by molar-refractivity contribution is -0.131. The van der Waals surface area contributed by atoms with Gasteiger partial charge in [0.2, 0.25) is 5.91 Å². The number of rotatable bonds is 4.